The number of halogens is 1. The Hall–Kier alpha value is -2.55. The molecule has 0 spiro atoms. The molecule has 1 unspecified atom stereocenters. The molecule has 1 aromatic heterocycles. The van der Waals surface area contributed by atoms with Gasteiger partial charge in [0.05, 0.1) is 11.6 Å². The van der Waals surface area contributed by atoms with Crippen LogP contribution in [0.2, 0.25) is 0 Å². The summed E-state index contributed by atoms with van der Waals surface area (Å²) in [6.07, 6.45) is 1.43. The van der Waals surface area contributed by atoms with E-state index >= 15 is 0 Å². The molecule has 110 valence electrons. The highest BCUT2D eigenvalue weighted by atomic mass is 19.1. The lowest BCUT2D eigenvalue weighted by Crippen LogP contribution is -2.07. The molecule has 0 aliphatic carbocycles. The quantitative estimate of drug-likeness (QED) is 0.675. The van der Waals surface area contributed by atoms with Gasteiger partial charge < -0.3 is 4.79 Å². The van der Waals surface area contributed by atoms with Crippen LogP contribution in [0, 0.1) is 12.7 Å². The molecule has 0 bridgehead atoms. The monoisotopic (exact) mass is 293 g/mol. The summed E-state index contributed by atoms with van der Waals surface area (Å²) in [6.45, 7) is 1.90. The van der Waals surface area contributed by atoms with Crippen LogP contribution >= 0.6 is 0 Å². The second kappa shape index (κ2) is 6.06. The van der Waals surface area contributed by atoms with Crippen LogP contribution in [0.5, 0.6) is 0 Å². The Balaban J connectivity index is 2.01. The fourth-order valence-corrected chi connectivity index (χ4v) is 2.73. The van der Waals surface area contributed by atoms with Crippen LogP contribution in [-0.2, 0) is 11.2 Å². The Morgan fingerprint density at radius 1 is 1.05 bits per heavy atom. The lowest BCUT2D eigenvalue weighted by molar-refractivity contribution is -0.109. The van der Waals surface area contributed by atoms with Crippen molar-refractivity contribution in [2.24, 2.45) is 0 Å². The van der Waals surface area contributed by atoms with Crippen LogP contribution in [0.3, 0.4) is 0 Å². The number of carbonyl (C=O) groups excluding carboxylic acids is 1. The predicted octanol–water partition coefficient (Wildman–Crippen LogP) is 4.21. The van der Waals surface area contributed by atoms with Gasteiger partial charge in [0, 0.05) is 11.1 Å². The average molecular weight is 293 g/mol. The van der Waals surface area contributed by atoms with Gasteiger partial charge in [-0.15, -0.1) is 0 Å². The van der Waals surface area contributed by atoms with Crippen LogP contribution in [0.4, 0.5) is 4.39 Å². The van der Waals surface area contributed by atoms with Crippen molar-refractivity contribution in [1.82, 2.24) is 4.98 Å². The lowest BCUT2D eigenvalue weighted by Gasteiger charge is -2.13. The Morgan fingerprint density at radius 2 is 1.82 bits per heavy atom. The maximum Gasteiger partial charge on any atom is 0.131 e. The maximum absolute atomic E-state index is 13.9. The van der Waals surface area contributed by atoms with E-state index in [1.54, 1.807) is 12.1 Å². The van der Waals surface area contributed by atoms with Crippen LogP contribution in [-0.4, -0.2) is 11.3 Å². The van der Waals surface area contributed by atoms with Crippen molar-refractivity contribution in [2.45, 2.75) is 19.3 Å². The SMILES string of the molecule is Cc1cccc(C(C=O)Cc2ccc(F)c3ccccc23)n1. The first-order valence-corrected chi connectivity index (χ1v) is 7.24. The molecule has 0 N–H and O–H groups in total. The van der Waals surface area contributed by atoms with Crippen LogP contribution < -0.4 is 0 Å². The normalized spacial score (nSPS) is 12.3. The molecule has 2 aromatic carbocycles. The average Bonchev–Trinajstić information content (AvgIpc) is 2.55. The van der Waals surface area contributed by atoms with E-state index in [-0.39, 0.29) is 11.7 Å². The number of hydrogen-bond donors (Lipinski definition) is 0. The van der Waals surface area contributed by atoms with Crippen molar-refractivity contribution in [1.29, 1.82) is 0 Å². The molecule has 0 radical (unpaired) electrons. The summed E-state index contributed by atoms with van der Waals surface area (Å²) in [7, 11) is 0. The highest BCUT2D eigenvalue weighted by Gasteiger charge is 2.15. The summed E-state index contributed by atoms with van der Waals surface area (Å²) in [5, 5.41) is 1.43. The fourth-order valence-electron chi connectivity index (χ4n) is 2.73. The minimum absolute atomic E-state index is 0.240. The summed E-state index contributed by atoms with van der Waals surface area (Å²) >= 11 is 0. The first kappa shape index (κ1) is 14.4. The summed E-state index contributed by atoms with van der Waals surface area (Å²) in [5.41, 5.74) is 2.59. The molecule has 0 fully saturated rings. The van der Waals surface area contributed by atoms with Crippen molar-refractivity contribution in [3.63, 3.8) is 0 Å². The third-order valence-electron chi connectivity index (χ3n) is 3.86. The number of rotatable bonds is 4. The molecule has 2 nitrogen and oxygen atoms in total. The Kier molecular flexibility index (Phi) is 3.96. The van der Waals surface area contributed by atoms with Gasteiger partial charge >= 0.3 is 0 Å². The van der Waals surface area contributed by atoms with E-state index < -0.39 is 0 Å². The van der Waals surface area contributed by atoms with Gasteiger partial charge in [-0.05, 0) is 42.5 Å². The second-order valence-electron chi connectivity index (χ2n) is 5.40. The van der Waals surface area contributed by atoms with Gasteiger partial charge in [0.2, 0.25) is 0 Å². The molecule has 22 heavy (non-hydrogen) atoms. The molecule has 3 aromatic rings. The molecule has 3 heteroatoms. The first-order chi connectivity index (χ1) is 10.7. The number of fused-ring (bicyclic) bond motifs is 1. The molecule has 0 aliphatic heterocycles. The third kappa shape index (κ3) is 2.75. The number of aromatic nitrogens is 1. The number of hydrogen-bond acceptors (Lipinski definition) is 2. The Labute approximate surface area is 128 Å². The van der Waals surface area contributed by atoms with E-state index in [4.69, 9.17) is 0 Å². The fraction of sp³-hybridized carbons (Fsp3) is 0.158. The van der Waals surface area contributed by atoms with E-state index in [0.717, 1.165) is 28.6 Å². The van der Waals surface area contributed by atoms with Crippen molar-refractivity contribution >= 4 is 17.1 Å². The number of carbonyl (C=O) groups is 1. The summed E-state index contributed by atoms with van der Waals surface area (Å²) < 4.78 is 13.9. The van der Waals surface area contributed by atoms with E-state index in [1.165, 1.54) is 6.07 Å². The van der Waals surface area contributed by atoms with E-state index in [1.807, 2.05) is 43.3 Å². The van der Waals surface area contributed by atoms with Crippen molar-refractivity contribution < 1.29 is 9.18 Å². The summed E-state index contributed by atoms with van der Waals surface area (Å²) in [6, 6.07) is 16.2. The van der Waals surface area contributed by atoms with Gasteiger partial charge in [0.1, 0.15) is 12.1 Å². The minimum Gasteiger partial charge on any atom is -0.303 e. The zero-order valence-electron chi connectivity index (χ0n) is 12.3. The zero-order chi connectivity index (χ0) is 15.5. The van der Waals surface area contributed by atoms with Crippen LogP contribution in [0.1, 0.15) is 22.9 Å². The summed E-state index contributed by atoms with van der Waals surface area (Å²) in [5.74, 6) is -0.565. The molecule has 0 amide bonds. The van der Waals surface area contributed by atoms with Crippen molar-refractivity contribution in [3.05, 3.63) is 77.4 Å². The highest BCUT2D eigenvalue weighted by Crippen LogP contribution is 2.26. The number of aldehydes is 1. The Bertz CT molecular complexity index is 829. The molecule has 0 saturated heterocycles. The van der Waals surface area contributed by atoms with Crippen molar-refractivity contribution in [3.8, 4) is 0 Å². The zero-order valence-corrected chi connectivity index (χ0v) is 12.3. The summed E-state index contributed by atoms with van der Waals surface area (Å²) in [4.78, 5) is 15.9. The van der Waals surface area contributed by atoms with Crippen LogP contribution in [0.15, 0.2) is 54.6 Å². The topological polar surface area (TPSA) is 30.0 Å². The second-order valence-corrected chi connectivity index (χ2v) is 5.40. The van der Waals surface area contributed by atoms with Crippen molar-refractivity contribution in [2.75, 3.05) is 0 Å². The van der Waals surface area contributed by atoms with Crippen LogP contribution in [0.25, 0.3) is 10.8 Å². The highest BCUT2D eigenvalue weighted by molar-refractivity contribution is 5.86. The molecule has 1 atom stereocenters. The minimum atomic E-state index is -0.325. The standard InChI is InChI=1S/C19H16FNO/c1-13-5-4-8-19(21-13)15(12-22)11-14-9-10-18(20)17-7-3-2-6-16(14)17/h2-10,12,15H,11H2,1H3. The molecule has 0 saturated carbocycles. The number of pyridine rings is 1. The first-order valence-electron chi connectivity index (χ1n) is 7.24. The molecular weight excluding hydrogens is 277 g/mol. The predicted molar refractivity (Wildman–Crippen MR) is 85.4 cm³/mol. The third-order valence-corrected chi connectivity index (χ3v) is 3.86. The lowest BCUT2D eigenvalue weighted by atomic mass is 9.93. The van der Waals surface area contributed by atoms with E-state index in [2.05, 4.69) is 4.98 Å². The van der Waals surface area contributed by atoms with Gasteiger partial charge in [-0.3, -0.25) is 4.98 Å². The number of aryl methyl sites for hydroxylation is 1. The molecular formula is C19H16FNO. The van der Waals surface area contributed by atoms with Gasteiger partial charge in [-0.1, -0.05) is 36.4 Å². The smallest absolute Gasteiger partial charge is 0.131 e. The number of benzene rings is 2. The maximum atomic E-state index is 13.9. The molecule has 3 rings (SSSR count). The van der Waals surface area contributed by atoms with Gasteiger partial charge in [0.25, 0.3) is 0 Å². The molecule has 0 aliphatic rings. The van der Waals surface area contributed by atoms with E-state index in [9.17, 15) is 9.18 Å². The largest absolute Gasteiger partial charge is 0.303 e. The van der Waals surface area contributed by atoms with Gasteiger partial charge in [0.15, 0.2) is 0 Å². The molecule has 1 heterocycles. The van der Waals surface area contributed by atoms with Gasteiger partial charge in [-0.25, -0.2) is 4.39 Å². The Morgan fingerprint density at radius 3 is 2.55 bits per heavy atom. The van der Waals surface area contributed by atoms with Gasteiger partial charge in [-0.2, -0.15) is 0 Å². The number of nitrogens with zero attached hydrogens (tertiary/aromatic N) is 1. The van der Waals surface area contributed by atoms with E-state index in [0.29, 0.717) is 11.8 Å².